The van der Waals surface area contributed by atoms with Gasteiger partial charge >= 0.3 is 0 Å². The highest BCUT2D eigenvalue weighted by molar-refractivity contribution is 7.91. The molecule has 1 atom stereocenters. The molecule has 0 bridgehead atoms. The zero-order valence-electron chi connectivity index (χ0n) is 23.5. The highest BCUT2D eigenvalue weighted by Crippen LogP contribution is 2.42. The van der Waals surface area contributed by atoms with E-state index in [2.05, 4.69) is 31.7 Å². The highest BCUT2D eigenvalue weighted by Gasteiger charge is 2.42. The van der Waals surface area contributed by atoms with Crippen LogP contribution in [0.4, 0.5) is 14.6 Å². The summed E-state index contributed by atoms with van der Waals surface area (Å²) in [7, 11) is -3.07. The molecule has 2 aliphatic rings. The number of fused-ring (bicyclic) bond motifs is 1. The number of rotatable bonds is 8. The number of nitrogens with one attached hydrogen (secondary N) is 2. The Bertz CT molecular complexity index is 1590. The van der Waals surface area contributed by atoms with Crippen LogP contribution >= 0.6 is 0 Å². The molecule has 2 fully saturated rings. The van der Waals surface area contributed by atoms with Crippen molar-refractivity contribution in [2.24, 2.45) is 5.92 Å². The SMILES string of the molecule is C=CCN1CCC(C(F)(F)c2cccc([C@@H](C)Nc3nc(C)nc4[nH]c(=O)c(C5CCS(=O)(=O)CC5)cc34)c2)CC1. The van der Waals surface area contributed by atoms with Crippen LogP contribution in [0.15, 0.2) is 47.8 Å². The Kier molecular flexibility index (Phi) is 8.29. The number of alkyl halides is 2. The van der Waals surface area contributed by atoms with Crippen molar-refractivity contribution >= 4 is 26.7 Å². The smallest absolute Gasteiger partial charge is 0.276 e. The first-order valence-electron chi connectivity index (χ1n) is 14.2. The first kappa shape index (κ1) is 29.3. The number of benzene rings is 1. The lowest BCUT2D eigenvalue weighted by Crippen LogP contribution is -2.39. The molecule has 2 N–H and O–H groups in total. The molecule has 1 aromatic carbocycles. The maximum atomic E-state index is 15.6. The summed E-state index contributed by atoms with van der Waals surface area (Å²) >= 11 is 0. The third kappa shape index (κ3) is 6.35. The van der Waals surface area contributed by atoms with Gasteiger partial charge in [-0.3, -0.25) is 9.69 Å². The highest BCUT2D eigenvalue weighted by atomic mass is 32.2. The van der Waals surface area contributed by atoms with Gasteiger partial charge in [-0.05, 0) is 76.2 Å². The minimum absolute atomic E-state index is 0.00779. The molecule has 0 radical (unpaired) electrons. The second kappa shape index (κ2) is 11.6. The van der Waals surface area contributed by atoms with Gasteiger partial charge in [-0.15, -0.1) is 6.58 Å². The van der Waals surface area contributed by atoms with Crippen LogP contribution in [0.1, 0.15) is 67.1 Å². The Labute approximate surface area is 239 Å². The topological polar surface area (TPSA) is 108 Å². The molecule has 0 spiro atoms. The Hall–Kier alpha value is -3.18. The zero-order valence-corrected chi connectivity index (χ0v) is 24.3. The monoisotopic (exact) mass is 585 g/mol. The molecule has 5 rings (SSSR count). The lowest BCUT2D eigenvalue weighted by Gasteiger charge is -2.35. The van der Waals surface area contributed by atoms with Gasteiger partial charge in [-0.1, -0.05) is 24.3 Å². The predicted molar refractivity (Wildman–Crippen MR) is 157 cm³/mol. The normalized spacial score (nSPS) is 19.7. The lowest BCUT2D eigenvalue weighted by molar-refractivity contribution is -0.0847. The third-order valence-corrected chi connectivity index (χ3v) is 10.2. The summed E-state index contributed by atoms with van der Waals surface area (Å²) in [5, 5.41) is 3.95. The standard InChI is InChI=1S/C30H37F2N5O3S/c1-4-12-37-13-8-23(9-14-37)30(31,32)24-7-5-6-22(17-24)19(2)33-27-26-18-25(21-10-15-41(39,40)16-11-21)29(38)36-28(26)35-20(3)34-27/h4-7,17-19,21,23H,1,8-16H2,2-3H3,(H2,33,34,35,36,38)/t19-/m1/s1. The van der Waals surface area contributed by atoms with Gasteiger partial charge in [0.2, 0.25) is 0 Å². The summed E-state index contributed by atoms with van der Waals surface area (Å²) in [5.74, 6) is -2.82. The van der Waals surface area contributed by atoms with E-state index in [0.717, 1.165) is 0 Å². The minimum Gasteiger partial charge on any atom is -0.363 e. The Balaban J connectivity index is 1.39. The van der Waals surface area contributed by atoms with E-state index in [1.807, 2.05) is 13.0 Å². The third-order valence-electron chi connectivity index (χ3n) is 8.46. The number of nitrogens with zero attached hydrogens (tertiary/aromatic N) is 3. The molecule has 2 aromatic heterocycles. The summed E-state index contributed by atoms with van der Waals surface area (Å²) in [4.78, 5) is 26.9. The number of pyridine rings is 1. The number of hydrogen-bond donors (Lipinski definition) is 2. The summed E-state index contributed by atoms with van der Waals surface area (Å²) in [6, 6.07) is 7.93. The van der Waals surface area contributed by atoms with Crippen LogP contribution < -0.4 is 10.9 Å². The fourth-order valence-electron chi connectivity index (χ4n) is 6.03. The average Bonchev–Trinajstić information content (AvgIpc) is 2.93. The van der Waals surface area contributed by atoms with Gasteiger partial charge in [-0.2, -0.15) is 0 Å². The molecular weight excluding hydrogens is 548 g/mol. The van der Waals surface area contributed by atoms with Crippen molar-refractivity contribution in [1.82, 2.24) is 19.9 Å². The molecule has 0 unspecified atom stereocenters. The largest absolute Gasteiger partial charge is 0.363 e. The van der Waals surface area contributed by atoms with E-state index in [-0.39, 0.29) is 34.6 Å². The molecular formula is C30H37F2N5O3S. The van der Waals surface area contributed by atoms with Crippen molar-refractivity contribution in [3.8, 4) is 0 Å². The van der Waals surface area contributed by atoms with E-state index in [9.17, 15) is 13.2 Å². The van der Waals surface area contributed by atoms with Crippen molar-refractivity contribution in [2.75, 3.05) is 36.5 Å². The Morgan fingerprint density at radius 1 is 1.17 bits per heavy atom. The molecule has 0 saturated carbocycles. The summed E-state index contributed by atoms with van der Waals surface area (Å²) in [6.45, 7) is 9.32. The van der Waals surface area contributed by atoms with Crippen molar-refractivity contribution in [3.05, 3.63) is 75.9 Å². The number of piperidine rings is 1. The van der Waals surface area contributed by atoms with Crippen LogP contribution in [0.5, 0.6) is 0 Å². The molecule has 8 nitrogen and oxygen atoms in total. The fourth-order valence-corrected chi connectivity index (χ4v) is 7.52. The summed E-state index contributed by atoms with van der Waals surface area (Å²) in [6.07, 6.45) is 3.44. The second-order valence-corrected chi connectivity index (χ2v) is 13.6. The van der Waals surface area contributed by atoms with Crippen LogP contribution in [0.2, 0.25) is 0 Å². The summed E-state index contributed by atoms with van der Waals surface area (Å²) < 4.78 is 55.1. The number of H-pyrrole nitrogens is 1. The molecule has 41 heavy (non-hydrogen) atoms. The molecule has 2 saturated heterocycles. The lowest BCUT2D eigenvalue weighted by atomic mass is 9.85. The first-order chi connectivity index (χ1) is 19.5. The van der Waals surface area contributed by atoms with Crippen LogP contribution in [0, 0.1) is 12.8 Å². The predicted octanol–water partition coefficient (Wildman–Crippen LogP) is 5.08. The van der Waals surface area contributed by atoms with Crippen LogP contribution in [-0.4, -0.2) is 59.4 Å². The maximum absolute atomic E-state index is 15.6. The van der Waals surface area contributed by atoms with Crippen molar-refractivity contribution in [1.29, 1.82) is 0 Å². The molecule has 11 heteroatoms. The average molecular weight is 586 g/mol. The van der Waals surface area contributed by atoms with E-state index in [4.69, 9.17) is 0 Å². The minimum atomic E-state index is -3.07. The number of aromatic nitrogens is 3. The van der Waals surface area contributed by atoms with Gasteiger partial charge < -0.3 is 10.3 Å². The van der Waals surface area contributed by atoms with Gasteiger partial charge in [0.1, 0.15) is 27.1 Å². The molecule has 220 valence electrons. The first-order valence-corrected chi connectivity index (χ1v) is 16.0. The number of anilines is 1. The van der Waals surface area contributed by atoms with Crippen molar-refractivity contribution < 1.29 is 17.2 Å². The summed E-state index contributed by atoms with van der Waals surface area (Å²) in [5.41, 5.74) is 1.29. The number of halogens is 2. The van der Waals surface area contributed by atoms with Gasteiger partial charge in [0, 0.05) is 29.6 Å². The van der Waals surface area contributed by atoms with Crippen LogP contribution in [0.3, 0.4) is 0 Å². The molecule has 2 aliphatic heterocycles. The fraction of sp³-hybridized carbons (Fsp3) is 0.500. The van der Waals surface area contributed by atoms with E-state index in [0.29, 0.717) is 79.1 Å². The molecule has 0 amide bonds. The molecule has 0 aliphatic carbocycles. The second-order valence-electron chi connectivity index (χ2n) is 11.3. The number of aryl methyl sites for hydroxylation is 1. The van der Waals surface area contributed by atoms with Gasteiger partial charge in [0.05, 0.1) is 16.9 Å². The number of hydrogen-bond acceptors (Lipinski definition) is 7. The van der Waals surface area contributed by atoms with Gasteiger partial charge in [0.15, 0.2) is 0 Å². The van der Waals surface area contributed by atoms with Crippen LogP contribution in [-0.2, 0) is 15.8 Å². The van der Waals surface area contributed by atoms with E-state index in [1.54, 1.807) is 31.2 Å². The Morgan fingerprint density at radius 3 is 2.56 bits per heavy atom. The molecule has 3 aromatic rings. The van der Waals surface area contributed by atoms with Crippen LogP contribution in [0.25, 0.3) is 11.0 Å². The number of aromatic amines is 1. The number of sulfone groups is 1. The molecule has 4 heterocycles. The number of likely N-dealkylation sites (tertiary alicyclic amines) is 1. The van der Waals surface area contributed by atoms with Gasteiger partial charge in [0.25, 0.3) is 11.5 Å². The quantitative estimate of drug-likeness (QED) is 0.355. The van der Waals surface area contributed by atoms with E-state index < -0.39 is 21.7 Å². The Morgan fingerprint density at radius 2 is 1.88 bits per heavy atom. The maximum Gasteiger partial charge on any atom is 0.276 e. The van der Waals surface area contributed by atoms with E-state index >= 15 is 8.78 Å². The zero-order chi connectivity index (χ0) is 29.4. The van der Waals surface area contributed by atoms with E-state index in [1.165, 1.54) is 6.07 Å². The van der Waals surface area contributed by atoms with Crippen molar-refractivity contribution in [2.45, 2.75) is 57.4 Å². The van der Waals surface area contributed by atoms with Gasteiger partial charge in [-0.25, -0.2) is 27.2 Å². The van der Waals surface area contributed by atoms with Crippen molar-refractivity contribution in [3.63, 3.8) is 0 Å².